The molecule has 0 N–H and O–H groups in total. The number of aryl methyl sites for hydroxylation is 5. The minimum absolute atomic E-state index is 0.219. The third-order valence-electron chi connectivity index (χ3n) is 5.49. The van der Waals surface area contributed by atoms with Gasteiger partial charge in [0.05, 0.1) is 0 Å². The molecule has 0 aliphatic carbocycles. The Morgan fingerprint density at radius 2 is 1.34 bits per heavy atom. The molecule has 0 unspecified atom stereocenters. The Labute approximate surface area is 171 Å². The van der Waals surface area contributed by atoms with E-state index in [1.807, 2.05) is 19.1 Å². The van der Waals surface area contributed by atoms with Crippen molar-refractivity contribution in [1.82, 2.24) is 0 Å². The molecule has 0 aliphatic heterocycles. The lowest BCUT2D eigenvalue weighted by atomic mass is 9.93. The van der Waals surface area contributed by atoms with Crippen molar-refractivity contribution in [2.75, 3.05) is 0 Å². The van der Waals surface area contributed by atoms with Crippen LogP contribution in [-0.2, 0) is 19.3 Å². The third-order valence-corrected chi connectivity index (χ3v) is 5.49. The predicted octanol–water partition coefficient (Wildman–Crippen LogP) is 6.09. The van der Waals surface area contributed by atoms with E-state index >= 15 is 0 Å². The Balaban J connectivity index is 1.80. The first kappa shape index (κ1) is 19.2. The summed E-state index contributed by atoms with van der Waals surface area (Å²) >= 11 is 0. The highest BCUT2D eigenvalue weighted by atomic mass is 16.4. The lowest BCUT2D eigenvalue weighted by Crippen LogP contribution is -2.13. The number of hydrogen-bond acceptors (Lipinski definition) is 2. The van der Waals surface area contributed by atoms with Crippen LogP contribution >= 0.6 is 0 Å². The largest absolute Gasteiger partial charge is 0.422 e. The van der Waals surface area contributed by atoms with Crippen LogP contribution in [0, 0.1) is 20.8 Å². The summed E-state index contributed by atoms with van der Waals surface area (Å²) in [7, 11) is 0. The smallest absolute Gasteiger partial charge is 0.340 e. The molecular formula is C27H26O2. The zero-order valence-corrected chi connectivity index (χ0v) is 17.3. The highest BCUT2D eigenvalue weighted by Crippen LogP contribution is 2.25. The van der Waals surface area contributed by atoms with Crippen LogP contribution in [0.25, 0.3) is 11.0 Å². The highest BCUT2D eigenvalue weighted by Gasteiger charge is 2.15. The monoisotopic (exact) mass is 382 g/mol. The Morgan fingerprint density at radius 3 is 2.07 bits per heavy atom. The van der Waals surface area contributed by atoms with Gasteiger partial charge >= 0.3 is 5.63 Å². The van der Waals surface area contributed by atoms with Gasteiger partial charge in [-0.1, -0.05) is 71.8 Å². The van der Waals surface area contributed by atoms with Crippen molar-refractivity contribution in [2.45, 2.75) is 40.0 Å². The molecule has 0 fully saturated rings. The standard InChI is InChI=1S/C27H26O2/c1-18-6-4-8-21(14-18)11-13-23-24-12-10-20(3)16-26(24)29-27(28)25(23)17-22-9-5-7-19(2)15-22/h4-10,12,14-16H,11,13,17H2,1-3H3. The first-order valence-electron chi connectivity index (χ1n) is 10.2. The summed E-state index contributed by atoms with van der Waals surface area (Å²) in [6.45, 7) is 6.21. The van der Waals surface area contributed by atoms with E-state index in [0.29, 0.717) is 12.0 Å². The van der Waals surface area contributed by atoms with Crippen LogP contribution in [0.4, 0.5) is 0 Å². The topological polar surface area (TPSA) is 30.2 Å². The zero-order chi connectivity index (χ0) is 20.4. The maximum absolute atomic E-state index is 13.0. The van der Waals surface area contributed by atoms with Crippen molar-refractivity contribution in [3.8, 4) is 0 Å². The number of rotatable bonds is 5. The summed E-state index contributed by atoms with van der Waals surface area (Å²) in [5.74, 6) is 0. The van der Waals surface area contributed by atoms with Crippen molar-refractivity contribution in [3.63, 3.8) is 0 Å². The average molecular weight is 383 g/mol. The van der Waals surface area contributed by atoms with E-state index < -0.39 is 0 Å². The number of fused-ring (bicyclic) bond motifs is 1. The molecule has 0 saturated carbocycles. The van der Waals surface area contributed by atoms with E-state index in [4.69, 9.17) is 4.42 Å². The molecule has 0 amide bonds. The molecule has 1 aromatic heterocycles. The van der Waals surface area contributed by atoms with Crippen molar-refractivity contribution < 1.29 is 4.42 Å². The lowest BCUT2D eigenvalue weighted by molar-refractivity contribution is 0.549. The quantitative estimate of drug-likeness (QED) is 0.391. The molecule has 0 aliphatic rings. The molecule has 4 aromatic rings. The van der Waals surface area contributed by atoms with Gasteiger partial charge in [0.2, 0.25) is 0 Å². The molecule has 146 valence electrons. The van der Waals surface area contributed by atoms with Crippen molar-refractivity contribution in [2.24, 2.45) is 0 Å². The fourth-order valence-electron chi connectivity index (χ4n) is 4.04. The molecule has 0 radical (unpaired) electrons. The highest BCUT2D eigenvalue weighted by molar-refractivity contribution is 5.82. The Morgan fingerprint density at radius 1 is 0.690 bits per heavy atom. The van der Waals surface area contributed by atoms with Gasteiger partial charge in [0.15, 0.2) is 0 Å². The van der Waals surface area contributed by atoms with Gasteiger partial charge in [-0.2, -0.15) is 0 Å². The first-order chi connectivity index (χ1) is 14.0. The second-order valence-corrected chi connectivity index (χ2v) is 8.00. The van der Waals surface area contributed by atoms with Gasteiger partial charge in [0, 0.05) is 17.4 Å². The second kappa shape index (κ2) is 8.08. The fourth-order valence-corrected chi connectivity index (χ4v) is 4.04. The first-order valence-corrected chi connectivity index (χ1v) is 10.2. The minimum atomic E-state index is -0.219. The van der Waals surface area contributed by atoms with Gasteiger partial charge in [-0.25, -0.2) is 4.79 Å². The average Bonchev–Trinajstić information content (AvgIpc) is 2.68. The Bertz CT molecular complexity index is 1230. The van der Waals surface area contributed by atoms with Crippen LogP contribution in [0.5, 0.6) is 0 Å². The van der Waals surface area contributed by atoms with E-state index in [-0.39, 0.29) is 5.63 Å². The maximum atomic E-state index is 13.0. The van der Waals surface area contributed by atoms with Crippen LogP contribution in [0.3, 0.4) is 0 Å². The van der Waals surface area contributed by atoms with Crippen LogP contribution < -0.4 is 5.63 Å². The van der Waals surface area contributed by atoms with Gasteiger partial charge in [0.1, 0.15) is 5.58 Å². The van der Waals surface area contributed by atoms with E-state index in [1.54, 1.807) is 0 Å². The second-order valence-electron chi connectivity index (χ2n) is 8.00. The predicted molar refractivity (Wildman–Crippen MR) is 120 cm³/mol. The molecule has 2 heteroatoms. The molecule has 0 saturated heterocycles. The summed E-state index contributed by atoms with van der Waals surface area (Å²) in [6.07, 6.45) is 2.31. The van der Waals surface area contributed by atoms with Gasteiger partial charge in [0.25, 0.3) is 0 Å². The molecule has 3 aromatic carbocycles. The summed E-state index contributed by atoms with van der Waals surface area (Å²) in [6, 6.07) is 23.1. The maximum Gasteiger partial charge on any atom is 0.340 e. The van der Waals surface area contributed by atoms with Crippen molar-refractivity contribution in [1.29, 1.82) is 0 Å². The van der Waals surface area contributed by atoms with Crippen molar-refractivity contribution >= 4 is 11.0 Å². The van der Waals surface area contributed by atoms with Crippen LogP contribution in [0.15, 0.2) is 75.9 Å². The van der Waals surface area contributed by atoms with E-state index in [2.05, 4.69) is 68.4 Å². The van der Waals surface area contributed by atoms with Crippen LogP contribution in [-0.4, -0.2) is 0 Å². The van der Waals surface area contributed by atoms with Gasteiger partial charge in [-0.3, -0.25) is 0 Å². The third kappa shape index (κ3) is 4.32. The molecule has 29 heavy (non-hydrogen) atoms. The molecule has 0 atom stereocenters. The summed E-state index contributed by atoms with van der Waals surface area (Å²) in [4.78, 5) is 13.0. The molecule has 2 nitrogen and oxygen atoms in total. The summed E-state index contributed by atoms with van der Waals surface area (Å²) in [5.41, 5.74) is 8.34. The Hall–Kier alpha value is -3.13. The van der Waals surface area contributed by atoms with Crippen molar-refractivity contribution in [3.05, 3.63) is 116 Å². The van der Waals surface area contributed by atoms with Gasteiger partial charge in [-0.05, 0) is 61.9 Å². The van der Waals surface area contributed by atoms with E-state index in [9.17, 15) is 4.79 Å². The SMILES string of the molecule is Cc1cccc(CCc2c(Cc3cccc(C)c3)c(=O)oc3cc(C)ccc23)c1. The van der Waals surface area contributed by atoms with Crippen LogP contribution in [0.1, 0.15) is 38.9 Å². The molecule has 1 heterocycles. The molecule has 0 spiro atoms. The van der Waals surface area contributed by atoms with Gasteiger partial charge in [-0.15, -0.1) is 0 Å². The van der Waals surface area contributed by atoms with Crippen LogP contribution in [0.2, 0.25) is 0 Å². The molecule has 4 rings (SSSR count). The summed E-state index contributed by atoms with van der Waals surface area (Å²) < 4.78 is 5.73. The van der Waals surface area contributed by atoms with E-state index in [0.717, 1.165) is 40.5 Å². The zero-order valence-electron chi connectivity index (χ0n) is 17.3. The Kier molecular flexibility index (Phi) is 5.35. The lowest BCUT2D eigenvalue weighted by Gasteiger charge is -2.13. The number of benzene rings is 3. The summed E-state index contributed by atoms with van der Waals surface area (Å²) in [5, 5.41) is 1.05. The number of hydrogen-bond donors (Lipinski definition) is 0. The normalized spacial score (nSPS) is 11.1. The molecule has 0 bridgehead atoms. The fraction of sp³-hybridized carbons (Fsp3) is 0.222. The minimum Gasteiger partial charge on any atom is -0.422 e. The molecular weight excluding hydrogens is 356 g/mol. The van der Waals surface area contributed by atoms with Gasteiger partial charge < -0.3 is 4.42 Å². The van der Waals surface area contributed by atoms with E-state index in [1.165, 1.54) is 16.7 Å².